The van der Waals surface area contributed by atoms with Gasteiger partial charge in [-0.25, -0.2) is 4.79 Å². The minimum absolute atomic E-state index is 0.0906. The average Bonchev–Trinajstić information content (AvgIpc) is 2.38. The van der Waals surface area contributed by atoms with E-state index in [0.29, 0.717) is 12.2 Å². The lowest BCUT2D eigenvalue weighted by Crippen LogP contribution is -2.02. The number of aromatic nitrogens is 1. The first kappa shape index (κ1) is 12.4. The van der Waals surface area contributed by atoms with E-state index < -0.39 is 5.97 Å². The number of pyridine rings is 1. The molecule has 0 unspecified atom stereocenters. The second-order valence-corrected chi connectivity index (χ2v) is 4.12. The molecule has 1 aromatic heterocycles. The fourth-order valence-electron chi connectivity index (χ4n) is 1.51. The molecule has 0 aliphatic heterocycles. The molecule has 2 N–H and O–H groups in total. The van der Waals surface area contributed by atoms with Crippen LogP contribution in [0.15, 0.2) is 42.7 Å². The zero-order chi connectivity index (χ0) is 13.0. The molecular weight excluding hydrogens is 252 g/mol. The topological polar surface area (TPSA) is 62.2 Å². The summed E-state index contributed by atoms with van der Waals surface area (Å²) in [5.74, 6) is -1.04. The van der Waals surface area contributed by atoms with Crippen LogP contribution in [0.4, 0.5) is 5.69 Å². The first-order valence-corrected chi connectivity index (χ1v) is 5.70. The van der Waals surface area contributed by atoms with Crippen molar-refractivity contribution < 1.29 is 9.90 Å². The first-order valence-electron chi connectivity index (χ1n) is 5.32. The van der Waals surface area contributed by atoms with E-state index in [1.807, 2.05) is 12.1 Å². The zero-order valence-electron chi connectivity index (χ0n) is 9.43. The van der Waals surface area contributed by atoms with Gasteiger partial charge in [0.25, 0.3) is 0 Å². The van der Waals surface area contributed by atoms with Crippen molar-refractivity contribution in [3.63, 3.8) is 0 Å². The second-order valence-electron chi connectivity index (χ2n) is 3.71. The summed E-state index contributed by atoms with van der Waals surface area (Å²) in [7, 11) is 0. The molecule has 0 aliphatic carbocycles. The van der Waals surface area contributed by atoms with Crippen LogP contribution < -0.4 is 5.32 Å². The Hall–Kier alpha value is -2.07. The fourth-order valence-corrected chi connectivity index (χ4v) is 1.70. The van der Waals surface area contributed by atoms with E-state index in [9.17, 15) is 4.79 Å². The predicted octanol–water partition coefficient (Wildman–Crippen LogP) is 3.05. The Morgan fingerprint density at radius 3 is 2.89 bits per heavy atom. The Morgan fingerprint density at radius 1 is 1.39 bits per heavy atom. The van der Waals surface area contributed by atoms with Crippen LogP contribution in [0.5, 0.6) is 0 Å². The standard InChI is InChI=1S/C13H11ClN2O2/c14-12-4-3-10(6-11(12)13(17)18)16-8-9-2-1-5-15-7-9/h1-7,16H,8H2,(H,17,18). The van der Waals surface area contributed by atoms with Crippen molar-refractivity contribution in [2.24, 2.45) is 0 Å². The number of benzene rings is 1. The van der Waals surface area contributed by atoms with Crippen molar-refractivity contribution in [2.45, 2.75) is 6.54 Å². The average molecular weight is 263 g/mol. The van der Waals surface area contributed by atoms with E-state index in [-0.39, 0.29) is 10.6 Å². The van der Waals surface area contributed by atoms with Gasteiger partial charge in [0.2, 0.25) is 0 Å². The zero-order valence-corrected chi connectivity index (χ0v) is 10.2. The molecule has 1 aromatic carbocycles. The van der Waals surface area contributed by atoms with E-state index in [1.165, 1.54) is 6.07 Å². The second kappa shape index (κ2) is 5.51. The maximum absolute atomic E-state index is 10.9. The molecule has 0 spiro atoms. The van der Waals surface area contributed by atoms with Gasteiger partial charge in [-0.05, 0) is 29.8 Å². The molecule has 2 rings (SSSR count). The summed E-state index contributed by atoms with van der Waals surface area (Å²) in [6.45, 7) is 0.578. The number of anilines is 1. The van der Waals surface area contributed by atoms with Crippen LogP contribution in [0.25, 0.3) is 0 Å². The molecule has 5 heteroatoms. The number of aromatic carboxylic acids is 1. The summed E-state index contributed by atoms with van der Waals surface area (Å²) in [5.41, 5.74) is 1.82. The highest BCUT2D eigenvalue weighted by Gasteiger charge is 2.09. The van der Waals surface area contributed by atoms with E-state index in [0.717, 1.165) is 5.56 Å². The molecule has 1 heterocycles. The minimum atomic E-state index is -1.04. The molecule has 0 aliphatic rings. The number of hydrogen-bond donors (Lipinski definition) is 2. The SMILES string of the molecule is O=C(O)c1cc(NCc2cccnc2)ccc1Cl. The molecule has 0 fully saturated rings. The molecule has 0 saturated heterocycles. The van der Waals surface area contributed by atoms with Gasteiger partial charge >= 0.3 is 5.97 Å². The van der Waals surface area contributed by atoms with Crippen molar-refractivity contribution in [1.29, 1.82) is 0 Å². The third kappa shape index (κ3) is 2.99. The lowest BCUT2D eigenvalue weighted by molar-refractivity contribution is 0.0697. The largest absolute Gasteiger partial charge is 0.478 e. The molecule has 0 saturated carbocycles. The molecule has 2 aromatic rings. The number of carboxylic acid groups (broad SMARTS) is 1. The lowest BCUT2D eigenvalue weighted by Gasteiger charge is -2.08. The van der Waals surface area contributed by atoms with Gasteiger partial charge in [0, 0.05) is 24.6 Å². The lowest BCUT2D eigenvalue weighted by atomic mass is 10.2. The Labute approximate surface area is 109 Å². The number of hydrogen-bond acceptors (Lipinski definition) is 3. The number of rotatable bonds is 4. The maximum Gasteiger partial charge on any atom is 0.337 e. The van der Waals surface area contributed by atoms with Crippen molar-refractivity contribution in [3.8, 4) is 0 Å². The summed E-state index contributed by atoms with van der Waals surface area (Å²) in [5, 5.41) is 12.3. The fraction of sp³-hybridized carbons (Fsp3) is 0.0769. The highest BCUT2D eigenvalue weighted by atomic mass is 35.5. The van der Waals surface area contributed by atoms with E-state index in [1.54, 1.807) is 24.5 Å². The van der Waals surface area contributed by atoms with Crippen LogP contribution in [-0.4, -0.2) is 16.1 Å². The van der Waals surface area contributed by atoms with Gasteiger partial charge in [-0.1, -0.05) is 17.7 Å². The number of carboxylic acids is 1. The molecule has 0 amide bonds. The van der Waals surface area contributed by atoms with Crippen molar-refractivity contribution in [2.75, 3.05) is 5.32 Å². The Bertz CT molecular complexity index is 558. The van der Waals surface area contributed by atoms with Gasteiger partial charge in [0.15, 0.2) is 0 Å². The summed E-state index contributed by atoms with van der Waals surface area (Å²) >= 11 is 5.79. The molecule has 4 nitrogen and oxygen atoms in total. The van der Waals surface area contributed by atoms with Gasteiger partial charge in [0.1, 0.15) is 0 Å². The van der Waals surface area contributed by atoms with Gasteiger partial charge in [0.05, 0.1) is 10.6 Å². The maximum atomic E-state index is 10.9. The first-order chi connectivity index (χ1) is 8.66. The molecule has 92 valence electrons. The molecule has 0 radical (unpaired) electrons. The smallest absolute Gasteiger partial charge is 0.337 e. The minimum Gasteiger partial charge on any atom is -0.478 e. The van der Waals surface area contributed by atoms with Gasteiger partial charge in [-0.3, -0.25) is 4.98 Å². The third-order valence-electron chi connectivity index (χ3n) is 2.42. The van der Waals surface area contributed by atoms with Crippen molar-refractivity contribution >= 4 is 23.3 Å². The number of nitrogens with one attached hydrogen (secondary N) is 1. The van der Waals surface area contributed by atoms with Crippen LogP contribution in [0.2, 0.25) is 5.02 Å². The van der Waals surface area contributed by atoms with E-state index in [2.05, 4.69) is 10.3 Å². The van der Waals surface area contributed by atoms with Crippen molar-refractivity contribution in [1.82, 2.24) is 4.98 Å². The van der Waals surface area contributed by atoms with Gasteiger partial charge < -0.3 is 10.4 Å². The predicted molar refractivity (Wildman–Crippen MR) is 70.0 cm³/mol. The van der Waals surface area contributed by atoms with Crippen LogP contribution in [0.1, 0.15) is 15.9 Å². The summed E-state index contributed by atoms with van der Waals surface area (Å²) in [6.07, 6.45) is 3.45. The Balaban J connectivity index is 2.11. The summed E-state index contributed by atoms with van der Waals surface area (Å²) in [6, 6.07) is 8.61. The highest BCUT2D eigenvalue weighted by Crippen LogP contribution is 2.20. The Morgan fingerprint density at radius 2 is 2.22 bits per heavy atom. The van der Waals surface area contributed by atoms with Crippen LogP contribution in [0.3, 0.4) is 0 Å². The normalized spacial score (nSPS) is 10.1. The van der Waals surface area contributed by atoms with Gasteiger partial charge in [-0.2, -0.15) is 0 Å². The van der Waals surface area contributed by atoms with E-state index in [4.69, 9.17) is 16.7 Å². The summed E-state index contributed by atoms with van der Waals surface area (Å²) in [4.78, 5) is 14.9. The molecule has 0 atom stereocenters. The molecule has 0 bridgehead atoms. The van der Waals surface area contributed by atoms with E-state index >= 15 is 0 Å². The van der Waals surface area contributed by atoms with Crippen LogP contribution >= 0.6 is 11.6 Å². The monoisotopic (exact) mass is 262 g/mol. The Kier molecular flexibility index (Phi) is 3.79. The number of nitrogens with zero attached hydrogens (tertiary/aromatic N) is 1. The number of carbonyl (C=O) groups is 1. The number of halogens is 1. The molecular formula is C13H11ClN2O2. The van der Waals surface area contributed by atoms with Gasteiger partial charge in [-0.15, -0.1) is 0 Å². The third-order valence-corrected chi connectivity index (χ3v) is 2.75. The quantitative estimate of drug-likeness (QED) is 0.889. The summed E-state index contributed by atoms with van der Waals surface area (Å²) < 4.78 is 0. The molecule has 18 heavy (non-hydrogen) atoms. The highest BCUT2D eigenvalue weighted by molar-refractivity contribution is 6.33. The van der Waals surface area contributed by atoms with Crippen molar-refractivity contribution in [3.05, 3.63) is 58.9 Å². The van der Waals surface area contributed by atoms with Crippen LogP contribution in [-0.2, 0) is 6.54 Å². The van der Waals surface area contributed by atoms with Crippen LogP contribution in [0, 0.1) is 0 Å².